The van der Waals surface area contributed by atoms with Crippen LogP contribution in [0.15, 0.2) is 52.9 Å². The fraction of sp³-hybridized carbons (Fsp3) is 0.118. The minimum atomic E-state index is -0.207. The van der Waals surface area contributed by atoms with Crippen LogP contribution in [0.3, 0.4) is 0 Å². The molecule has 0 aliphatic heterocycles. The molecule has 0 unspecified atom stereocenters. The zero-order valence-electron chi connectivity index (χ0n) is 11.9. The van der Waals surface area contributed by atoms with Crippen LogP contribution in [0.5, 0.6) is 0 Å². The number of carbonyl (C=O) groups excluding carboxylic acids is 1. The summed E-state index contributed by atoms with van der Waals surface area (Å²) in [6.07, 6.45) is 0. The summed E-state index contributed by atoms with van der Waals surface area (Å²) in [4.78, 5) is 11.8. The molecule has 0 fully saturated rings. The molecule has 0 radical (unpaired) electrons. The van der Waals surface area contributed by atoms with Crippen LogP contribution in [0.1, 0.15) is 16.1 Å². The minimum absolute atomic E-state index is 0.207. The first-order valence-electron chi connectivity index (χ1n) is 6.76. The fourth-order valence-electron chi connectivity index (χ4n) is 2.32. The first-order valence-corrected chi connectivity index (χ1v) is 6.76. The molecule has 4 nitrogen and oxygen atoms in total. The Labute approximate surface area is 122 Å². The highest BCUT2D eigenvalue weighted by molar-refractivity contribution is 5.99. The number of aryl methyl sites for hydroxylation is 1. The molecule has 1 heterocycles. The van der Waals surface area contributed by atoms with E-state index >= 15 is 0 Å². The monoisotopic (exact) mass is 280 g/mol. The third-order valence-corrected chi connectivity index (χ3v) is 3.43. The number of benzene rings is 2. The maximum atomic E-state index is 11.8. The number of hydrogen-bond donors (Lipinski definition) is 2. The lowest BCUT2D eigenvalue weighted by atomic mass is 10.1. The van der Waals surface area contributed by atoms with Crippen LogP contribution in [-0.4, -0.2) is 13.0 Å². The van der Waals surface area contributed by atoms with Crippen molar-refractivity contribution >= 4 is 28.3 Å². The van der Waals surface area contributed by atoms with Crippen LogP contribution >= 0.6 is 0 Å². The SMILES string of the molecule is CNC(=O)c1oc2ccc(Nc3ccccc3)cc2c1C. The van der Waals surface area contributed by atoms with Crippen molar-refractivity contribution in [2.75, 3.05) is 12.4 Å². The van der Waals surface area contributed by atoms with Gasteiger partial charge in [0.15, 0.2) is 5.76 Å². The molecule has 0 aliphatic carbocycles. The van der Waals surface area contributed by atoms with Crippen LogP contribution in [-0.2, 0) is 0 Å². The van der Waals surface area contributed by atoms with Gasteiger partial charge >= 0.3 is 0 Å². The molecular weight excluding hydrogens is 264 g/mol. The van der Waals surface area contributed by atoms with Gasteiger partial charge in [0.25, 0.3) is 5.91 Å². The van der Waals surface area contributed by atoms with Crippen molar-refractivity contribution in [3.8, 4) is 0 Å². The second kappa shape index (κ2) is 5.32. The highest BCUT2D eigenvalue weighted by atomic mass is 16.3. The van der Waals surface area contributed by atoms with Gasteiger partial charge in [0.2, 0.25) is 0 Å². The van der Waals surface area contributed by atoms with Gasteiger partial charge in [-0.05, 0) is 37.3 Å². The van der Waals surface area contributed by atoms with Crippen molar-refractivity contribution in [1.29, 1.82) is 0 Å². The van der Waals surface area contributed by atoms with Crippen molar-refractivity contribution in [3.63, 3.8) is 0 Å². The number of anilines is 2. The van der Waals surface area contributed by atoms with E-state index in [1.165, 1.54) is 0 Å². The Hall–Kier alpha value is -2.75. The molecule has 106 valence electrons. The minimum Gasteiger partial charge on any atom is -0.451 e. The molecule has 0 saturated carbocycles. The lowest BCUT2D eigenvalue weighted by Gasteiger charge is -2.05. The van der Waals surface area contributed by atoms with E-state index in [1.807, 2.05) is 55.5 Å². The average molecular weight is 280 g/mol. The second-order valence-corrected chi connectivity index (χ2v) is 4.84. The Bertz CT molecular complexity index is 791. The second-order valence-electron chi connectivity index (χ2n) is 4.84. The largest absolute Gasteiger partial charge is 0.451 e. The maximum absolute atomic E-state index is 11.8. The van der Waals surface area contributed by atoms with Gasteiger partial charge in [-0.1, -0.05) is 18.2 Å². The van der Waals surface area contributed by atoms with E-state index in [4.69, 9.17) is 4.42 Å². The van der Waals surface area contributed by atoms with E-state index in [1.54, 1.807) is 7.05 Å². The first kappa shape index (κ1) is 13.2. The van der Waals surface area contributed by atoms with Crippen molar-refractivity contribution in [2.24, 2.45) is 0 Å². The smallest absolute Gasteiger partial charge is 0.287 e. The summed E-state index contributed by atoms with van der Waals surface area (Å²) in [6.45, 7) is 1.89. The topological polar surface area (TPSA) is 54.3 Å². The first-order chi connectivity index (χ1) is 10.2. The molecule has 0 spiro atoms. The summed E-state index contributed by atoms with van der Waals surface area (Å²) in [5, 5.41) is 6.86. The van der Waals surface area contributed by atoms with Crippen molar-refractivity contribution in [2.45, 2.75) is 6.92 Å². The number of amides is 1. The molecule has 21 heavy (non-hydrogen) atoms. The number of para-hydroxylation sites is 1. The zero-order chi connectivity index (χ0) is 14.8. The van der Waals surface area contributed by atoms with Gasteiger partial charge in [0.1, 0.15) is 5.58 Å². The van der Waals surface area contributed by atoms with Crippen LogP contribution in [0.25, 0.3) is 11.0 Å². The normalized spacial score (nSPS) is 10.6. The Morgan fingerprint density at radius 2 is 1.81 bits per heavy atom. The third-order valence-electron chi connectivity index (χ3n) is 3.43. The van der Waals surface area contributed by atoms with Crippen molar-refractivity contribution < 1.29 is 9.21 Å². The quantitative estimate of drug-likeness (QED) is 0.766. The van der Waals surface area contributed by atoms with E-state index in [-0.39, 0.29) is 5.91 Å². The van der Waals surface area contributed by atoms with E-state index in [0.29, 0.717) is 11.3 Å². The van der Waals surface area contributed by atoms with E-state index < -0.39 is 0 Å². The van der Waals surface area contributed by atoms with E-state index in [2.05, 4.69) is 10.6 Å². The van der Waals surface area contributed by atoms with E-state index in [0.717, 1.165) is 22.3 Å². The summed E-state index contributed by atoms with van der Waals surface area (Å²) in [5.74, 6) is 0.158. The maximum Gasteiger partial charge on any atom is 0.287 e. The number of carbonyl (C=O) groups is 1. The molecule has 0 bridgehead atoms. The van der Waals surface area contributed by atoms with Gasteiger partial charge in [-0.25, -0.2) is 0 Å². The van der Waals surface area contributed by atoms with Crippen molar-refractivity contribution in [1.82, 2.24) is 5.32 Å². The number of nitrogens with one attached hydrogen (secondary N) is 2. The third kappa shape index (κ3) is 2.48. The Morgan fingerprint density at radius 3 is 2.52 bits per heavy atom. The van der Waals surface area contributed by atoms with Crippen LogP contribution in [0.2, 0.25) is 0 Å². The average Bonchev–Trinajstić information content (AvgIpc) is 2.84. The highest BCUT2D eigenvalue weighted by Gasteiger charge is 2.16. The lowest BCUT2D eigenvalue weighted by molar-refractivity contribution is 0.0937. The van der Waals surface area contributed by atoms with Crippen LogP contribution in [0, 0.1) is 6.92 Å². The van der Waals surface area contributed by atoms with Gasteiger partial charge in [-0.3, -0.25) is 4.79 Å². The zero-order valence-corrected chi connectivity index (χ0v) is 11.9. The Morgan fingerprint density at radius 1 is 1.05 bits per heavy atom. The summed E-state index contributed by atoms with van der Waals surface area (Å²) >= 11 is 0. The summed E-state index contributed by atoms with van der Waals surface area (Å²) in [5.41, 5.74) is 3.54. The van der Waals surface area contributed by atoms with Gasteiger partial charge in [0.05, 0.1) is 0 Å². The fourth-order valence-corrected chi connectivity index (χ4v) is 2.32. The van der Waals surface area contributed by atoms with Crippen LogP contribution in [0.4, 0.5) is 11.4 Å². The standard InChI is InChI=1S/C17H16N2O2/c1-11-14-10-13(19-12-6-4-3-5-7-12)8-9-15(14)21-16(11)17(20)18-2/h3-10,19H,1-2H3,(H,18,20). The Balaban J connectivity index is 2.00. The van der Waals surface area contributed by atoms with Gasteiger partial charge in [-0.2, -0.15) is 0 Å². The molecule has 1 amide bonds. The molecule has 2 N–H and O–H groups in total. The predicted octanol–water partition coefficient (Wildman–Crippen LogP) is 3.84. The number of fused-ring (bicyclic) bond motifs is 1. The van der Waals surface area contributed by atoms with Gasteiger partial charge in [-0.15, -0.1) is 0 Å². The molecule has 2 aromatic carbocycles. The van der Waals surface area contributed by atoms with Gasteiger partial charge < -0.3 is 15.1 Å². The number of furan rings is 1. The highest BCUT2D eigenvalue weighted by Crippen LogP contribution is 2.29. The Kier molecular flexibility index (Phi) is 3.36. The van der Waals surface area contributed by atoms with Crippen molar-refractivity contribution in [3.05, 3.63) is 59.9 Å². The molecule has 3 rings (SSSR count). The molecule has 0 aliphatic rings. The molecule has 3 aromatic rings. The molecule has 4 heteroatoms. The summed E-state index contributed by atoms with van der Waals surface area (Å²) < 4.78 is 5.62. The summed E-state index contributed by atoms with van der Waals surface area (Å²) in [6, 6.07) is 15.7. The molecular formula is C17H16N2O2. The molecule has 1 aromatic heterocycles. The van der Waals surface area contributed by atoms with Crippen LogP contribution < -0.4 is 10.6 Å². The molecule has 0 saturated heterocycles. The number of rotatable bonds is 3. The lowest BCUT2D eigenvalue weighted by Crippen LogP contribution is -2.17. The summed E-state index contributed by atoms with van der Waals surface area (Å²) in [7, 11) is 1.59. The molecule has 0 atom stereocenters. The number of hydrogen-bond acceptors (Lipinski definition) is 3. The van der Waals surface area contributed by atoms with Gasteiger partial charge in [0, 0.05) is 29.4 Å². The van der Waals surface area contributed by atoms with E-state index in [9.17, 15) is 4.79 Å². The predicted molar refractivity (Wildman–Crippen MR) is 84.1 cm³/mol.